The molecule has 140 valence electrons. The second-order valence-electron chi connectivity index (χ2n) is 6.64. The number of hydrogen-bond acceptors (Lipinski definition) is 6. The number of benzene rings is 2. The summed E-state index contributed by atoms with van der Waals surface area (Å²) in [5.74, 6) is -0.510. The number of rotatable bonds is 1. The number of carbonyl (C=O) groups is 1. The fourth-order valence-corrected chi connectivity index (χ4v) is 4.07. The number of para-hydroxylation sites is 1. The van der Waals surface area contributed by atoms with Crippen LogP contribution in [0.3, 0.4) is 0 Å². The number of fused-ring (bicyclic) bond motifs is 5. The molecule has 7 nitrogen and oxygen atoms in total. The Kier molecular flexibility index (Phi) is 3.38. The van der Waals surface area contributed by atoms with E-state index in [1.165, 1.54) is 4.57 Å². The number of nitriles is 1. The fraction of sp³-hybridized carbons (Fsp3) is 0. The molecule has 3 heterocycles. The molecule has 2 aromatic carbocycles. The van der Waals surface area contributed by atoms with Gasteiger partial charge in [0.2, 0.25) is 0 Å². The van der Waals surface area contributed by atoms with Gasteiger partial charge in [-0.1, -0.05) is 41.9 Å². The Morgan fingerprint density at radius 1 is 1.07 bits per heavy atom. The summed E-state index contributed by atoms with van der Waals surface area (Å²) in [6, 6.07) is 14.0. The smallest absolute Gasteiger partial charge is 0.264 e. The predicted molar refractivity (Wildman–Crippen MR) is 111 cm³/mol. The zero-order valence-corrected chi connectivity index (χ0v) is 15.5. The number of aromatic nitrogens is 2. The van der Waals surface area contributed by atoms with Crippen molar-refractivity contribution in [2.45, 2.75) is 0 Å². The first-order chi connectivity index (χ1) is 14.0. The number of carbonyl (C=O) groups excluding carboxylic acids is 1. The van der Waals surface area contributed by atoms with Crippen LogP contribution in [0.25, 0.3) is 33.4 Å². The van der Waals surface area contributed by atoms with E-state index in [2.05, 4.69) is 4.98 Å². The lowest BCUT2D eigenvalue weighted by molar-refractivity contribution is 0.0973. The Balaban J connectivity index is 2.07. The van der Waals surface area contributed by atoms with Gasteiger partial charge in [0, 0.05) is 22.3 Å². The summed E-state index contributed by atoms with van der Waals surface area (Å²) >= 11 is 6.14. The van der Waals surface area contributed by atoms with Crippen molar-refractivity contribution in [1.82, 2.24) is 9.55 Å². The lowest BCUT2D eigenvalue weighted by Gasteiger charge is -2.10. The van der Waals surface area contributed by atoms with Crippen molar-refractivity contribution in [2.24, 2.45) is 0 Å². The Morgan fingerprint density at radius 2 is 1.76 bits per heavy atom. The predicted octanol–water partition coefficient (Wildman–Crippen LogP) is 3.77. The van der Waals surface area contributed by atoms with Gasteiger partial charge in [-0.25, -0.2) is 4.98 Å². The number of nitrogen functional groups attached to an aromatic ring is 2. The van der Waals surface area contributed by atoms with Crippen molar-refractivity contribution in [3.8, 4) is 34.2 Å². The second-order valence-corrected chi connectivity index (χ2v) is 7.05. The summed E-state index contributed by atoms with van der Waals surface area (Å²) < 4.78 is 1.42. The van der Waals surface area contributed by atoms with E-state index in [1.807, 2.05) is 12.1 Å². The Bertz CT molecular complexity index is 1430. The van der Waals surface area contributed by atoms with E-state index in [9.17, 15) is 15.2 Å². The number of anilines is 2. The van der Waals surface area contributed by atoms with E-state index < -0.39 is 0 Å². The van der Waals surface area contributed by atoms with Crippen molar-refractivity contribution in [1.29, 1.82) is 5.26 Å². The SMILES string of the molecule is N#Cc1c(N)nc2c(c1N)c(-c1cccc(Cl)c1O)c1n2C(=O)c2ccccc2-1. The molecule has 5 N–H and O–H groups in total. The number of pyridine rings is 1. The van der Waals surface area contributed by atoms with Crippen LogP contribution in [-0.4, -0.2) is 20.6 Å². The molecule has 0 fully saturated rings. The molecule has 5 rings (SSSR count). The molecule has 0 radical (unpaired) electrons. The van der Waals surface area contributed by atoms with Crippen LogP contribution in [0.1, 0.15) is 15.9 Å². The van der Waals surface area contributed by atoms with Gasteiger partial charge >= 0.3 is 0 Å². The molecule has 0 spiro atoms. The summed E-state index contributed by atoms with van der Waals surface area (Å²) in [5, 5.41) is 20.7. The van der Waals surface area contributed by atoms with Gasteiger partial charge in [0.05, 0.1) is 21.8 Å². The number of aromatic hydroxyl groups is 1. The molecule has 4 aromatic rings. The Morgan fingerprint density at radius 3 is 2.48 bits per heavy atom. The van der Waals surface area contributed by atoms with E-state index in [-0.39, 0.29) is 39.4 Å². The van der Waals surface area contributed by atoms with Crippen LogP contribution in [0.15, 0.2) is 42.5 Å². The van der Waals surface area contributed by atoms with Crippen molar-refractivity contribution in [2.75, 3.05) is 11.5 Å². The molecular formula is C21H12ClN5O2. The van der Waals surface area contributed by atoms with Gasteiger partial charge in [0.1, 0.15) is 23.2 Å². The average Bonchev–Trinajstić information content (AvgIpc) is 3.19. The number of phenolic OH excluding ortho intramolecular Hbond substituents is 1. The first-order valence-electron chi connectivity index (χ1n) is 8.61. The molecule has 0 aliphatic carbocycles. The maximum atomic E-state index is 13.2. The molecule has 0 bridgehead atoms. The van der Waals surface area contributed by atoms with Gasteiger partial charge in [0.25, 0.3) is 5.91 Å². The molecule has 8 heteroatoms. The fourth-order valence-electron chi connectivity index (χ4n) is 3.90. The Labute approximate surface area is 169 Å². The zero-order valence-electron chi connectivity index (χ0n) is 14.8. The third-order valence-corrected chi connectivity index (χ3v) is 5.46. The van der Waals surface area contributed by atoms with Crippen molar-refractivity contribution >= 4 is 40.0 Å². The molecule has 29 heavy (non-hydrogen) atoms. The summed E-state index contributed by atoms with van der Waals surface area (Å²) in [5.41, 5.74) is 15.1. The second kappa shape index (κ2) is 5.74. The lowest BCUT2D eigenvalue weighted by atomic mass is 9.95. The standard InChI is InChI=1S/C21H12ClN5O2/c22-13-7-3-6-11(18(13)28)14-15-16(24)12(8-23)19(25)26-20(15)27-17(14)9-4-1-2-5-10(9)21(27)29/h1-7,28H,(H4,24,25,26). The average molecular weight is 402 g/mol. The molecule has 1 aliphatic rings. The summed E-state index contributed by atoms with van der Waals surface area (Å²) in [6.07, 6.45) is 0. The topological polar surface area (TPSA) is 131 Å². The van der Waals surface area contributed by atoms with E-state index in [1.54, 1.807) is 36.4 Å². The molecule has 2 aromatic heterocycles. The number of halogens is 1. The van der Waals surface area contributed by atoms with E-state index >= 15 is 0 Å². The van der Waals surface area contributed by atoms with Gasteiger partial charge in [0.15, 0.2) is 5.65 Å². The molecule has 1 aliphatic heterocycles. The monoisotopic (exact) mass is 401 g/mol. The number of phenols is 1. The van der Waals surface area contributed by atoms with Crippen LogP contribution in [-0.2, 0) is 0 Å². The molecule has 0 unspecified atom stereocenters. The molecular weight excluding hydrogens is 390 g/mol. The molecule has 0 saturated carbocycles. The van der Waals surface area contributed by atoms with Gasteiger partial charge in [-0.15, -0.1) is 0 Å². The van der Waals surface area contributed by atoms with E-state index in [0.29, 0.717) is 33.3 Å². The highest BCUT2D eigenvalue weighted by molar-refractivity contribution is 6.33. The Hall–Kier alpha value is -4.02. The van der Waals surface area contributed by atoms with Crippen LogP contribution in [0.4, 0.5) is 11.5 Å². The largest absolute Gasteiger partial charge is 0.506 e. The van der Waals surface area contributed by atoms with Gasteiger partial charge in [-0.05, 0) is 12.1 Å². The first-order valence-corrected chi connectivity index (χ1v) is 8.99. The number of nitrogens with zero attached hydrogens (tertiary/aromatic N) is 3. The van der Waals surface area contributed by atoms with Crippen LogP contribution in [0.5, 0.6) is 5.75 Å². The first kappa shape index (κ1) is 17.1. The van der Waals surface area contributed by atoms with Crippen molar-refractivity contribution < 1.29 is 9.90 Å². The normalized spacial score (nSPS) is 12.1. The van der Waals surface area contributed by atoms with E-state index in [4.69, 9.17) is 23.1 Å². The number of nitrogens with two attached hydrogens (primary N) is 2. The quantitative estimate of drug-likeness (QED) is 0.392. The summed E-state index contributed by atoms with van der Waals surface area (Å²) in [7, 11) is 0. The van der Waals surface area contributed by atoms with E-state index in [0.717, 1.165) is 0 Å². The lowest BCUT2D eigenvalue weighted by Crippen LogP contribution is -2.09. The minimum absolute atomic E-state index is 0.0188. The van der Waals surface area contributed by atoms with Crippen LogP contribution in [0, 0.1) is 11.3 Å². The highest BCUT2D eigenvalue weighted by Crippen LogP contribution is 2.50. The van der Waals surface area contributed by atoms with Gasteiger partial charge in [-0.3, -0.25) is 9.36 Å². The molecule has 0 saturated heterocycles. The molecule has 0 atom stereocenters. The highest BCUT2D eigenvalue weighted by Gasteiger charge is 2.36. The summed E-state index contributed by atoms with van der Waals surface area (Å²) in [6.45, 7) is 0. The summed E-state index contributed by atoms with van der Waals surface area (Å²) in [4.78, 5) is 17.5. The van der Waals surface area contributed by atoms with Gasteiger partial charge < -0.3 is 16.6 Å². The van der Waals surface area contributed by atoms with Crippen molar-refractivity contribution in [3.63, 3.8) is 0 Å². The third kappa shape index (κ3) is 2.06. The van der Waals surface area contributed by atoms with Crippen molar-refractivity contribution in [3.05, 3.63) is 58.6 Å². The van der Waals surface area contributed by atoms with Crippen LogP contribution in [0.2, 0.25) is 5.02 Å². The highest BCUT2D eigenvalue weighted by atomic mass is 35.5. The molecule has 0 amide bonds. The minimum Gasteiger partial charge on any atom is -0.506 e. The maximum Gasteiger partial charge on any atom is 0.264 e. The zero-order chi connectivity index (χ0) is 20.4. The third-order valence-electron chi connectivity index (χ3n) is 5.15. The maximum absolute atomic E-state index is 13.2. The van der Waals surface area contributed by atoms with Crippen LogP contribution < -0.4 is 11.5 Å². The number of hydrogen-bond donors (Lipinski definition) is 3. The van der Waals surface area contributed by atoms with Crippen LogP contribution >= 0.6 is 11.6 Å². The minimum atomic E-state index is -0.288. The van der Waals surface area contributed by atoms with Gasteiger partial charge in [-0.2, -0.15) is 5.26 Å².